The van der Waals surface area contributed by atoms with Crippen molar-refractivity contribution in [3.8, 4) is 5.75 Å². The van der Waals surface area contributed by atoms with Crippen molar-refractivity contribution in [1.29, 1.82) is 0 Å². The number of carbonyl (C=O) groups excluding carboxylic acids is 2. The topological polar surface area (TPSA) is 89.0 Å². The standard InChI is InChI=1S/C23H29N5O3/c1-4-10-27(19-9-13-28(23(31)24-3)18(5-2)15-19)21-20(29)14-17(16-25-21)22(30)26-11-7-6-8-12-26/h9,13-16,29H,2,4,6-8,10-12H2,1,3H3,(H,24,31). The first-order valence-electron chi connectivity index (χ1n) is 10.6. The van der Waals surface area contributed by atoms with Crippen molar-refractivity contribution in [2.75, 3.05) is 31.6 Å². The van der Waals surface area contributed by atoms with Gasteiger partial charge in [-0.15, -0.1) is 5.73 Å². The lowest BCUT2D eigenvalue weighted by molar-refractivity contribution is 0.0723. The minimum atomic E-state index is -0.304. The largest absolute Gasteiger partial charge is 0.504 e. The van der Waals surface area contributed by atoms with E-state index >= 15 is 0 Å². The van der Waals surface area contributed by atoms with Crippen LogP contribution in [-0.4, -0.2) is 58.5 Å². The third-order valence-electron chi connectivity index (χ3n) is 5.30. The van der Waals surface area contributed by atoms with Gasteiger partial charge in [0.05, 0.1) is 11.3 Å². The highest BCUT2D eigenvalue weighted by atomic mass is 16.3. The number of urea groups is 1. The van der Waals surface area contributed by atoms with E-state index < -0.39 is 0 Å². The van der Waals surface area contributed by atoms with Gasteiger partial charge in [0.15, 0.2) is 11.6 Å². The summed E-state index contributed by atoms with van der Waals surface area (Å²) in [6.07, 6.45) is 10.6. The summed E-state index contributed by atoms with van der Waals surface area (Å²) in [5, 5.41) is 13.3. The fourth-order valence-electron chi connectivity index (χ4n) is 3.72. The Morgan fingerprint density at radius 1 is 1.32 bits per heavy atom. The fourth-order valence-corrected chi connectivity index (χ4v) is 3.72. The number of nitrogens with one attached hydrogen (secondary N) is 1. The van der Waals surface area contributed by atoms with Gasteiger partial charge in [-0.25, -0.2) is 9.78 Å². The molecule has 1 aromatic rings. The summed E-state index contributed by atoms with van der Waals surface area (Å²) < 4.78 is 0. The number of hydrogen-bond acceptors (Lipinski definition) is 5. The van der Waals surface area contributed by atoms with Gasteiger partial charge < -0.3 is 20.2 Å². The van der Waals surface area contributed by atoms with Crippen molar-refractivity contribution in [3.63, 3.8) is 0 Å². The molecule has 1 saturated heterocycles. The minimum absolute atomic E-state index is 0.0662. The number of allylic oxidation sites excluding steroid dienone is 2. The van der Waals surface area contributed by atoms with E-state index in [4.69, 9.17) is 0 Å². The summed E-state index contributed by atoms with van der Waals surface area (Å²) in [5.74, 6) is 0.180. The van der Waals surface area contributed by atoms with Crippen LogP contribution >= 0.6 is 0 Å². The fraction of sp³-hybridized carbons (Fsp3) is 0.391. The molecule has 3 amide bonds. The van der Waals surface area contributed by atoms with Gasteiger partial charge in [-0.05, 0) is 43.9 Å². The van der Waals surface area contributed by atoms with Crippen LogP contribution in [0.4, 0.5) is 10.6 Å². The second-order valence-electron chi connectivity index (χ2n) is 7.44. The third kappa shape index (κ3) is 4.81. The molecule has 0 bridgehead atoms. The molecule has 2 N–H and O–H groups in total. The van der Waals surface area contributed by atoms with Crippen LogP contribution in [0.25, 0.3) is 0 Å². The highest BCUT2D eigenvalue weighted by molar-refractivity contribution is 5.94. The number of pyridine rings is 1. The second kappa shape index (κ2) is 10.00. The lowest BCUT2D eigenvalue weighted by atomic mass is 10.1. The molecule has 1 aromatic heterocycles. The van der Waals surface area contributed by atoms with Crippen molar-refractivity contribution < 1.29 is 14.7 Å². The van der Waals surface area contributed by atoms with E-state index in [1.54, 1.807) is 25.4 Å². The monoisotopic (exact) mass is 423 g/mol. The lowest BCUT2D eigenvalue weighted by Gasteiger charge is -2.30. The van der Waals surface area contributed by atoms with E-state index in [2.05, 4.69) is 22.6 Å². The molecule has 1 fully saturated rings. The van der Waals surface area contributed by atoms with Gasteiger partial charge in [-0.3, -0.25) is 9.69 Å². The number of anilines is 1. The van der Waals surface area contributed by atoms with Crippen molar-refractivity contribution in [3.05, 3.63) is 59.9 Å². The van der Waals surface area contributed by atoms with Gasteiger partial charge in [0.25, 0.3) is 5.91 Å². The number of piperidine rings is 1. The molecular formula is C23H29N5O3. The Kier molecular flexibility index (Phi) is 7.15. The van der Waals surface area contributed by atoms with Crippen LogP contribution < -0.4 is 10.2 Å². The van der Waals surface area contributed by atoms with Crippen LogP contribution in [0.1, 0.15) is 43.0 Å². The number of carbonyl (C=O) groups is 2. The molecule has 2 aliphatic rings. The van der Waals surface area contributed by atoms with E-state index in [9.17, 15) is 14.7 Å². The van der Waals surface area contributed by atoms with Crippen molar-refractivity contribution >= 4 is 17.8 Å². The molecule has 8 heteroatoms. The van der Waals surface area contributed by atoms with Crippen LogP contribution in [-0.2, 0) is 0 Å². The average Bonchev–Trinajstić information content (AvgIpc) is 2.82. The number of likely N-dealkylation sites (tertiary alicyclic amines) is 1. The molecule has 0 aromatic carbocycles. The first-order chi connectivity index (χ1) is 15.0. The Hall–Kier alpha value is -3.51. The maximum atomic E-state index is 12.7. The molecule has 31 heavy (non-hydrogen) atoms. The molecule has 0 saturated carbocycles. The number of aromatic nitrogens is 1. The zero-order valence-electron chi connectivity index (χ0n) is 18.1. The quantitative estimate of drug-likeness (QED) is 0.709. The molecule has 8 nitrogen and oxygen atoms in total. The summed E-state index contributed by atoms with van der Waals surface area (Å²) in [6.45, 7) is 7.74. The number of hydrogen-bond donors (Lipinski definition) is 2. The first kappa shape index (κ1) is 22.2. The van der Waals surface area contributed by atoms with E-state index in [-0.39, 0.29) is 17.7 Å². The molecule has 3 rings (SSSR count). The molecular weight excluding hydrogens is 394 g/mol. The predicted molar refractivity (Wildman–Crippen MR) is 119 cm³/mol. The van der Waals surface area contributed by atoms with Gasteiger partial charge >= 0.3 is 6.03 Å². The molecule has 2 aliphatic heterocycles. The van der Waals surface area contributed by atoms with Crippen LogP contribution in [0.5, 0.6) is 5.75 Å². The van der Waals surface area contributed by atoms with Crippen LogP contribution in [0, 0.1) is 0 Å². The van der Waals surface area contributed by atoms with Gasteiger partial charge in [-0.2, -0.15) is 0 Å². The van der Waals surface area contributed by atoms with Crippen molar-refractivity contribution in [2.24, 2.45) is 0 Å². The van der Waals surface area contributed by atoms with Crippen molar-refractivity contribution in [2.45, 2.75) is 32.6 Å². The summed E-state index contributed by atoms with van der Waals surface area (Å²) in [5.41, 5.74) is 4.36. The lowest BCUT2D eigenvalue weighted by Crippen LogP contribution is -2.36. The Balaban J connectivity index is 1.89. The SMILES string of the molecule is C=C=C1C=C(N(CCC)c2ncc(C(=O)N3CCCCC3)cc2O)C=CN1C(=O)NC. The third-order valence-corrected chi connectivity index (χ3v) is 5.30. The number of aromatic hydroxyl groups is 1. The second-order valence-corrected chi connectivity index (χ2v) is 7.44. The normalized spacial score (nSPS) is 15.9. The summed E-state index contributed by atoms with van der Waals surface area (Å²) >= 11 is 0. The summed E-state index contributed by atoms with van der Waals surface area (Å²) in [4.78, 5) is 34.3. The van der Waals surface area contributed by atoms with E-state index in [0.29, 0.717) is 23.6 Å². The number of nitrogens with zero attached hydrogens (tertiary/aromatic N) is 4. The first-order valence-corrected chi connectivity index (χ1v) is 10.6. The number of amides is 3. The van der Waals surface area contributed by atoms with Crippen LogP contribution in [0.2, 0.25) is 0 Å². The summed E-state index contributed by atoms with van der Waals surface area (Å²) in [7, 11) is 1.55. The van der Waals surface area contributed by atoms with Gasteiger partial charge in [-0.1, -0.05) is 13.5 Å². The van der Waals surface area contributed by atoms with Crippen molar-refractivity contribution in [1.82, 2.24) is 20.1 Å². The Labute approximate surface area is 182 Å². The van der Waals surface area contributed by atoms with Crippen LogP contribution in [0.15, 0.2) is 54.3 Å². The molecule has 0 aliphatic carbocycles. The Bertz CT molecular complexity index is 956. The molecule has 0 spiro atoms. The van der Waals surface area contributed by atoms with Gasteiger partial charge in [0, 0.05) is 44.8 Å². The molecule has 164 valence electrons. The summed E-state index contributed by atoms with van der Waals surface area (Å²) in [6, 6.07) is 1.18. The molecule has 3 heterocycles. The van der Waals surface area contributed by atoms with E-state index in [1.807, 2.05) is 16.7 Å². The van der Waals surface area contributed by atoms with E-state index in [0.717, 1.165) is 44.5 Å². The minimum Gasteiger partial charge on any atom is -0.504 e. The predicted octanol–water partition coefficient (Wildman–Crippen LogP) is 3.35. The highest BCUT2D eigenvalue weighted by Crippen LogP contribution is 2.31. The van der Waals surface area contributed by atoms with Gasteiger partial charge in [0.2, 0.25) is 0 Å². The zero-order chi connectivity index (χ0) is 22.4. The molecule has 0 radical (unpaired) electrons. The number of rotatable bonds is 5. The highest BCUT2D eigenvalue weighted by Gasteiger charge is 2.24. The smallest absolute Gasteiger partial charge is 0.326 e. The van der Waals surface area contributed by atoms with E-state index in [1.165, 1.54) is 17.2 Å². The maximum absolute atomic E-state index is 12.7. The van der Waals surface area contributed by atoms with Gasteiger partial charge in [0.1, 0.15) is 0 Å². The Morgan fingerprint density at radius 2 is 2.06 bits per heavy atom. The molecule has 0 atom stereocenters. The molecule has 0 unspecified atom stereocenters. The maximum Gasteiger partial charge on any atom is 0.326 e. The van der Waals surface area contributed by atoms with Crippen LogP contribution in [0.3, 0.4) is 0 Å². The Morgan fingerprint density at radius 3 is 2.68 bits per heavy atom. The average molecular weight is 424 g/mol. The zero-order valence-corrected chi connectivity index (χ0v) is 18.1.